The summed E-state index contributed by atoms with van der Waals surface area (Å²) in [5, 5.41) is 8.25. The van der Waals surface area contributed by atoms with Gasteiger partial charge in [0.1, 0.15) is 0 Å². The molecule has 0 radical (unpaired) electrons. The molecule has 0 amide bonds. The summed E-state index contributed by atoms with van der Waals surface area (Å²) in [4.78, 5) is 10.0. The second-order valence-electron chi connectivity index (χ2n) is 2.06. The summed E-state index contributed by atoms with van der Waals surface area (Å²) in [6, 6.07) is 0. The molecular weight excluding hydrogens is 164 g/mol. The van der Waals surface area contributed by atoms with Crippen LogP contribution in [0.25, 0.3) is 0 Å². The molecule has 3 nitrogen and oxygen atoms in total. The van der Waals surface area contributed by atoms with Crippen LogP contribution in [0.4, 0.5) is 0 Å². The zero-order valence-electron chi connectivity index (χ0n) is 6.71. The van der Waals surface area contributed by atoms with Crippen LogP contribution in [0.15, 0.2) is 0 Å². The monoisotopic (exact) mass is 178 g/mol. The number of rotatable bonds is 7. The lowest BCUT2D eigenvalue weighted by molar-refractivity contribution is -0.133. The smallest absolute Gasteiger partial charge is 0.313 e. The van der Waals surface area contributed by atoms with Gasteiger partial charge in [0, 0.05) is 12.4 Å². The van der Waals surface area contributed by atoms with Gasteiger partial charge in [-0.2, -0.15) is 0 Å². The van der Waals surface area contributed by atoms with Crippen molar-refractivity contribution in [3.05, 3.63) is 0 Å². The number of hydrogen-bond acceptors (Lipinski definition) is 3. The van der Waals surface area contributed by atoms with Gasteiger partial charge in [0.05, 0.1) is 12.4 Å². The fraction of sp³-hybridized carbons (Fsp3) is 0.857. The molecule has 0 aromatic heterocycles. The lowest BCUT2D eigenvalue weighted by atomic mass is 10.5. The van der Waals surface area contributed by atoms with Gasteiger partial charge in [-0.1, -0.05) is 6.92 Å². The number of thioether (sulfide) groups is 1. The van der Waals surface area contributed by atoms with Gasteiger partial charge < -0.3 is 9.84 Å². The zero-order chi connectivity index (χ0) is 8.53. The van der Waals surface area contributed by atoms with E-state index in [1.54, 1.807) is 0 Å². The highest BCUT2D eigenvalue weighted by Gasteiger charge is 1.95. The number of carbonyl (C=O) groups is 1. The van der Waals surface area contributed by atoms with E-state index in [0.29, 0.717) is 6.61 Å². The molecule has 0 saturated heterocycles. The van der Waals surface area contributed by atoms with Gasteiger partial charge in [0.2, 0.25) is 0 Å². The lowest BCUT2D eigenvalue weighted by Gasteiger charge is -1.99. The third kappa shape index (κ3) is 9.78. The molecule has 0 aliphatic carbocycles. The van der Waals surface area contributed by atoms with Crippen molar-refractivity contribution >= 4 is 17.7 Å². The number of aliphatic carboxylic acids is 1. The Labute approximate surface area is 71.1 Å². The second kappa shape index (κ2) is 7.88. The average Bonchev–Trinajstić information content (AvgIpc) is 1.96. The van der Waals surface area contributed by atoms with Crippen molar-refractivity contribution in [2.75, 3.05) is 24.7 Å². The molecule has 0 unspecified atom stereocenters. The average molecular weight is 178 g/mol. The number of ether oxygens (including phenoxy) is 1. The third-order valence-electron chi connectivity index (χ3n) is 0.946. The summed E-state index contributed by atoms with van der Waals surface area (Å²) >= 11 is 1.39. The highest BCUT2D eigenvalue weighted by Crippen LogP contribution is 1.98. The third-order valence-corrected chi connectivity index (χ3v) is 1.85. The summed E-state index contributed by atoms with van der Waals surface area (Å²) in [6.07, 6.45) is 1.02. The molecule has 66 valence electrons. The van der Waals surface area contributed by atoms with E-state index in [1.165, 1.54) is 11.8 Å². The van der Waals surface area contributed by atoms with E-state index in [-0.39, 0.29) is 5.75 Å². The van der Waals surface area contributed by atoms with Crippen LogP contribution in [0.2, 0.25) is 0 Å². The predicted molar refractivity (Wildman–Crippen MR) is 46.1 cm³/mol. The first-order chi connectivity index (χ1) is 5.27. The van der Waals surface area contributed by atoms with Crippen LogP contribution in [0.1, 0.15) is 13.3 Å². The van der Waals surface area contributed by atoms with Crippen LogP contribution in [-0.2, 0) is 9.53 Å². The fourth-order valence-corrected chi connectivity index (χ4v) is 1.08. The Bertz CT molecular complexity index is 106. The molecule has 1 N–H and O–H groups in total. The van der Waals surface area contributed by atoms with Gasteiger partial charge in [-0.3, -0.25) is 4.79 Å². The molecule has 0 saturated carbocycles. The zero-order valence-corrected chi connectivity index (χ0v) is 7.52. The van der Waals surface area contributed by atoms with E-state index in [2.05, 4.69) is 0 Å². The van der Waals surface area contributed by atoms with Gasteiger partial charge in [-0.25, -0.2) is 0 Å². The summed E-state index contributed by atoms with van der Waals surface area (Å²) in [5.74, 6) is 0.187. The van der Waals surface area contributed by atoms with E-state index in [1.807, 2.05) is 6.92 Å². The molecule has 11 heavy (non-hydrogen) atoms. The van der Waals surface area contributed by atoms with Crippen molar-refractivity contribution in [1.29, 1.82) is 0 Å². The first kappa shape index (κ1) is 10.8. The predicted octanol–water partition coefficient (Wildman–Crippen LogP) is 1.23. The van der Waals surface area contributed by atoms with E-state index in [9.17, 15) is 4.79 Å². The molecular formula is C7H14O3S. The van der Waals surface area contributed by atoms with Gasteiger partial charge in [0.25, 0.3) is 0 Å². The van der Waals surface area contributed by atoms with Crippen LogP contribution in [0, 0.1) is 0 Å². The summed E-state index contributed by atoms with van der Waals surface area (Å²) in [6.45, 7) is 3.48. The first-order valence-electron chi connectivity index (χ1n) is 3.64. The molecule has 0 fully saturated rings. The minimum Gasteiger partial charge on any atom is -0.481 e. The van der Waals surface area contributed by atoms with Crippen LogP contribution >= 0.6 is 11.8 Å². The number of carboxylic acid groups (broad SMARTS) is 1. The maximum absolute atomic E-state index is 10.0. The van der Waals surface area contributed by atoms with Crippen molar-refractivity contribution < 1.29 is 14.6 Å². The molecule has 0 aromatic carbocycles. The molecule has 0 aliphatic heterocycles. The maximum Gasteiger partial charge on any atom is 0.313 e. The van der Waals surface area contributed by atoms with Crippen LogP contribution in [0.3, 0.4) is 0 Å². The largest absolute Gasteiger partial charge is 0.481 e. The minimum atomic E-state index is -0.759. The highest BCUT2D eigenvalue weighted by molar-refractivity contribution is 7.99. The van der Waals surface area contributed by atoms with E-state index in [0.717, 1.165) is 18.8 Å². The normalized spacial score (nSPS) is 9.91. The Morgan fingerprint density at radius 3 is 2.82 bits per heavy atom. The summed E-state index contributed by atoms with van der Waals surface area (Å²) in [7, 11) is 0. The Balaban J connectivity index is 2.85. The Kier molecular flexibility index (Phi) is 7.72. The number of carboxylic acids is 1. The highest BCUT2D eigenvalue weighted by atomic mass is 32.2. The van der Waals surface area contributed by atoms with E-state index >= 15 is 0 Å². The molecule has 0 bridgehead atoms. The molecule has 0 heterocycles. The lowest BCUT2D eigenvalue weighted by Crippen LogP contribution is -2.03. The molecule has 0 aromatic rings. The van der Waals surface area contributed by atoms with E-state index < -0.39 is 5.97 Å². The van der Waals surface area contributed by atoms with E-state index in [4.69, 9.17) is 9.84 Å². The van der Waals surface area contributed by atoms with Crippen molar-refractivity contribution in [3.8, 4) is 0 Å². The van der Waals surface area contributed by atoms with Crippen LogP contribution in [-0.4, -0.2) is 35.8 Å². The molecule has 0 atom stereocenters. The van der Waals surface area contributed by atoms with Crippen LogP contribution < -0.4 is 0 Å². The Hall–Kier alpha value is -0.220. The van der Waals surface area contributed by atoms with Crippen molar-refractivity contribution in [2.45, 2.75) is 13.3 Å². The van der Waals surface area contributed by atoms with Gasteiger partial charge in [-0.05, 0) is 6.42 Å². The fourth-order valence-electron chi connectivity index (χ4n) is 0.524. The second-order valence-corrected chi connectivity index (χ2v) is 3.16. The number of hydrogen-bond donors (Lipinski definition) is 1. The molecule has 0 spiro atoms. The molecule has 4 heteroatoms. The molecule has 0 aliphatic rings. The van der Waals surface area contributed by atoms with Crippen molar-refractivity contribution in [2.24, 2.45) is 0 Å². The molecule has 0 rings (SSSR count). The van der Waals surface area contributed by atoms with Gasteiger partial charge in [-0.15, -0.1) is 11.8 Å². The SMILES string of the molecule is CCCOCCSCC(=O)O. The quantitative estimate of drug-likeness (QED) is 0.596. The van der Waals surface area contributed by atoms with Crippen molar-refractivity contribution in [3.63, 3.8) is 0 Å². The van der Waals surface area contributed by atoms with Crippen LogP contribution in [0.5, 0.6) is 0 Å². The Morgan fingerprint density at radius 2 is 2.27 bits per heavy atom. The summed E-state index contributed by atoms with van der Waals surface area (Å²) < 4.78 is 5.15. The first-order valence-corrected chi connectivity index (χ1v) is 4.80. The van der Waals surface area contributed by atoms with Gasteiger partial charge in [0.15, 0.2) is 0 Å². The van der Waals surface area contributed by atoms with Crippen molar-refractivity contribution in [1.82, 2.24) is 0 Å². The summed E-state index contributed by atoms with van der Waals surface area (Å²) in [5.41, 5.74) is 0. The Morgan fingerprint density at radius 1 is 1.55 bits per heavy atom. The van der Waals surface area contributed by atoms with Gasteiger partial charge >= 0.3 is 5.97 Å². The maximum atomic E-state index is 10.0. The topological polar surface area (TPSA) is 46.5 Å². The standard InChI is InChI=1S/C7H14O3S/c1-2-3-10-4-5-11-6-7(8)9/h2-6H2,1H3,(H,8,9). The minimum absolute atomic E-state index is 0.176.